The molecule has 190 valence electrons. The average molecular weight is 475 g/mol. The largest absolute Gasteiger partial charge is 0.342 e. The molecule has 0 aromatic heterocycles. The Labute approximate surface area is 213 Å². The van der Waals surface area contributed by atoms with E-state index in [2.05, 4.69) is 62.9 Å². The maximum Gasteiger partial charge on any atom is 0.229 e. The molecule has 3 heteroatoms. The number of carbonyl (C=O) groups excluding carboxylic acids is 1. The summed E-state index contributed by atoms with van der Waals surface area (Å²) in [5, 5.41) is 0. The van der Waals surface area contributed by atoms with E-state index in [4.69, 9.17) is 0 Å². The van der Waals surface area contributed by atoms with Crippen molar-refractivity contribution in [2.45, 2.75) is 90.1 Å². The van der Waals surface area contributed by atoms with E-state index >= 15 is 0 Å². The molecular weight excluding hydrogens is 428 g/mol. The molecule has 35 heavy (non-hydrogen) atoms. The van der Waals surface area contributed by atoms with E-state index in [1.165, 1.54) is 45.1 Å². The minimum absolute atomic E-state index is 0.0731. The third-order valence-corrected chi connectivity index (χ3v) is 12.2. The molecule has 3 saturated carbocycles. The minimum Gasteiger partial charge on any atom is -0.342 e. The van der Waals surface area contributed by atoms with E-state index in [0.29, 0.717) is 16.9 Å². The van der Waals surface area contributed by atoms with E-state index in [1.54, 1.807) is 5.57 Å². The number of fused-ring (bicyclic) bond motifs is 4. The van der Waals surface area contributed by atoms with Crippen molar-refractivity contribution in [2.75, 3.05) is 20.6 Å². The van der Waals surface area contributed by atoms with Crippen LogP contribution in [0.2, 0.25) is 0 Å². The van der Waals surface area contributed by atoms with Gasteiger partial charge in [-0.25, -0.2) is 0 Å². The van der Waals surface area contributed by atoms with Crippen molar-refractivity contribution in [3.8, 4) is 0 Å². The Kier molecular flexibility index (Phi) is 5.75. The fourth-order valence-electron chi connectivity index (χ4n) is 10.1. The zero-order chi connectivity index (χ0) is 24.5. The van der Waals surface area contributed by atoms with E-state index in [1.807, 2.05) is 18.2 Å². The van der Waals surface area contributed by atoms with Crippen molar-refractivity contribution in [1.82, 2.24) is 9.80 Å². The SMILES string of the molecule is C[C@@H](C(=O)N(C)[C@H]1CC[C@@]2(C)C(=CC[C@H]3[C@@H]4CC[C@@H]5[C@H](C)N(C)C[C@@]54CC[C@@H]32)C1)c1ccccc1. The first-order valence-corrected chi connectivity index (χ1v) is 14.5. The van der Waals surface area contributed by atoms with Gasteiger partial charge in [0.2, 0.25) is 5.91 Å². The Morgan fingerprint density at radius 1 is 1.06 bits per heavy atom. The van der Waals surface area contributed by atoms with Gasteiger partial charge < -0.3 is 9.80 Å². The standard InChI is InChI=1S/C32H46N2O/c1-21(23-9-7-6-8-10-23)30(35)34(5)25-15-17-31(3)24(19-25)11-12-26-28(31)16-18-32-20-33(4)22(2)27(32)13-14-29(26)32/h6-11,21-22,25-29H,12-20H2,1-5H3/t21-,22+,25+,26-,27-,28+,29+,31+,32+/m1/s1. The number of likely N-dealkylation sites (tertiary alicyclic amines) is 1. The molecule has 0 radical (unpaired) electrons. The zero-order valence-corrected chi connectivity index (χ0v) is 22.7. The summed E-state index contributed by atoms with van der Waals surface area (Å²) < 4.78 is 0. The smallest absolute Gasteiger partial charge is 0.229 e. The van der Waals surface area contributed by atoms with Gasteiger partial charge in [-0.3, -0.25) is 4.79 Å². The van der Waals surface area contributed by atoms with Crippen molar-refractivity contribution < 1.29 is 4.79 Å². The summed E-state index contributed by atoms with van der Waals surface area (Å²) >= 11 is 0. The summed E-state index contributed by atoms with van der Waals surface area (Å²) in [5.41, 5.74) is 3.77. The van der Waals surface area contributed by atoms with Gasteiger partial charge in [-0.15, -0.1) is 0 Å². The molecule has 4 aliphatic carbocycles. The maximum atomic E-state index is 13.4. The third kappa shape index (κ3) is 3.43. The van der Waals surface area contributed by atoms with Crippen LogP contribution in [0.4, 0.5) is 0 Å². The molecule has 0 N–H and O–H groups in total. The van der Waals surface area contributed by atoms with Crippen LogP contribution in [0, 0.1) is 34.5 Å². The zero-order valence-electron chi connectivity index (χ0n) is 22.7. The number of allylic oxidation sites excluding steroid dienone is 1. The average Bonchev–Trinajstić information content (AvgIpc) is 3.36. The number of nitrogens with zero attached hydrogens (tertiary/aromatic N) is 2. The lowest BCUT2D eigenvalue weighted by Gasteiger charge is -2.58. The van der Waals surface area contributed by atoms with Crippen molar-refractivity contribution in [2.24, 2.45) is 34.5 Å². The monoisotopic (exact) mass is 474 g/mol. The lowest BCUT2D eigenvalue weighted by atomic mass is 9.47. The van der Waals surface area contributed by atoms with Gasteiger partial charge in [0.1, 0.15) is 0 Å². The molecule has 5 aliphatic rings. The fourth-order valence-corrected chi connectivity index (χ4v) is 10.1. The Balaban J connectivity index is 1.19. The van der Waals surface area contributed by atoms with Crippen LogP contribution in [-0.4, -0.2) is 48.4 Å². The van der Waals surface area contributed by atoms with Crippen LogP contribution in [0.1, 0.15) is 83.6 Å². The van der Waals surface area contributed by atoms with Crippen molar-refractivity contribution in [1.29, 1.82) is 0 Å². The topological polar surface area (TPSA) is 23.6 Å². The molecule has 1 aromatic rings. The van der Waals surface area contributed by atoms with E-state index in [0.717, 1.165) is 48.1 Å². The number of likely N-dealkylation sites (N-methyl/N-ethyl adjacent to an activating group) is 1. The highest BCUT2D eigenvalue weighted by Gasteiger charge is 2.64. The van der Waals surface area contributed by atoms with Crippen molar-refractivity contribution in [3.05, 3.63) is 47.5 Å². The lowest BCUT2D eigenvalue weighted by molar-refractivity contribution is -0.134. The first kappa shape index (κ1) is 23.8. The molecule has 1 saturated heterocycles. The number of rotatable bonds is 3. The summed E-state index contributed by atoms with van der Waals surface area (Å²) in [6.07, 6.45) is 13.3. The van der Waals surface area contributed by atoms with Gasteiger partial charge in [0.15, 0.2) is 0 Å². The molecule has 0 bridgehead atoms. The Morgan fingerprint density at radius 3 is 2.57 bits per heavy atom. The second kappa shape index (κ2) is 8.47. The predicted molar refractivity (Wildman–Crippen MR) is 143 cm³/mol. The first-order chi connectivity index (χ1) is 16.8. The summed E-state index contributed by atoms with van der Waals surface area (Å²) in [6.45, 7) is 8.51. The third-order valence-electron chi connectivity index (χ3n) is 12.2. The quantitative estimate of drug-likeness (QED) is 0.466. The number of carbonyl (C=O) groups is 1. The van der Waals surface area contributed by atoms with Gasteiger partial charge in [-0.1, -0.05) is 48.9 Å². The van der Waals surface area contributed by atoms with Crippen molar-refractivity contribution >= 4 is 5.91 Å². The highest BCUT2D eigenvalue weighted by Crippen LogP contribution is 2.68. The van der Waals surface area contributed by atoms with E-state index < -0.39 is 0 Å². The normalized spacial score (nSPS) is 43.4. The molecule has 1 aliphatic heterocycles. The molecule has 3 nitrogen and oxygen atoms in total. The van der Waals surface area contributed by atoms with Crippen LogP contribution >= 0.6 is 0 Å². The predicted octanol–water partition coefficient (Wildman–Crippen LogP) is 6.51. The Morgan fingerprint density at radius 2 is 1.80 bits per heavy atom. The van der Waals surface area contributed by atoms with Gasteiger partial charge in [-0.2, -0.15) is 0 Å². The summed E-state index contributed by atoms with van der Waals surface area (Å²) in [5.74, 6) is 3.80. The van der Waals surface area contributed by atoms with Gasteiger partial charge in [0.05, 0.1) is 5.92 Å². The molecule has 4 fully saturated rings. The van der Waals surface area contributed by atoms with Crippen LogP contribution in [0.5, 0.6) is 0 Å². The van der Waals surface area contributed by atoms with Gasteiger partial charge in [0.25, 0.3) is 0 Å². The number of amides is 1. The van der Waals surface area contributed by atoms with Crippen molar-refractivity contribution in [3.63, 3.8) is 0 Å². The Bertz CT molecular complexity index is 1000. The lowest BCUT2D eigenvalue weighted by Crippen LogP contribution is -2.53. The van der Waals surface area contributed by atoms with Crippen LogP contribution < -0.4 is 0 Å². The van der Waals surface area contributed by atoms with E-state index in [9.17, 15) is 4.79 Å². The highest BCUT2D eigenvalue weighted by atomic mass is 16.2. The first-order valence-electron chi connectivity index (χ1n) is 14.5. The number of hydrogen-bond donors (Lipinski definition) is 0. The van der Waals surface area contributed by atoms with E-state index in [-0.39, 0.29) is 11.8 Å². The van der Waals surface area contributed by atoms with Gasteiger partial charge in [0, 0.05) is 25.7 Å². The number of hydrogen-bond acceptors (Lipinski definition) is 2. The fraction of sp³-hybridized carbons (Fsp3) is 0.719. The molecular formula is C32H46N2O. The van der Waals surface area contributed by atoms with Gasteiger partial charge in [-0.05, 0) is 112 Å². The summed E-state index contributed by atoms with van der Waals surface area (Å²) in [6, 6.07) is 11.4. The number of benzene rings is 1. The summed E-state index contributed by atoms with van der Waals surface area (Å²) in [7, 11) is 4.43. The summed E-state index contributed by atoms with van der Waals surface area (Å²) in [4.78, 5) is 18.2. The molecule has 1 aromatic carbocycles. The minimum atomic E-state index is -0.0731. The maximum absolute atomic E-state index is 13.4. The molecule has 1 amide bonds. The Hall–Kier alpha value is -1.61. The van der Waals surface area contributed by atoms with Crippen LogP contribution in [-0.2, 0) is 4.79 Å². The van der Waals surface area contributed by atoms with Crippen LogP contribution in [0.25, 0.3) is 0 Å². The van der Waals surface area contributed by atoms with Crippen LogP contribution in [0.15, 0.2) is 42.0 Å². The second-order valence-corrected chi connectivity index (χ2v) is 13.3. The molecule has 0 unspecified atom stereocenters. The molecule has 9 atom stereocenters. The second-order valence-electron chi connectivity index (χ2n) is 13.3. The molecule has 1 spiro atoms. The highest BCUT2D eigenvalue weighted by molar-refractivity contribution is 5.83. The van der Waals surface area contributed by atoms with Gasteiger partial charge >= 0.3 is 0 Å². The molecule has 1 heterocycles. The molecule has 6 rings (SSSR count). The van der Waals surface area contributed by atoms with Crippen LogP contribution in [0.3, 0.4) is 0 Å².